The van der Waals surface area contributed by atoms with E-state index in [9.17, 15) is 9.18 Å². The van der Waals surface area contributed by atoms with Crippen molar-refractivity contribution >= 4 is 12.0 Å². The molecule has 2 aromatic rings. The number of rotatable bonds is 3. The highest BCUT2D eigenvalue weighted by Gasteiger charge is 2.06. The van der Waals surface area contributed by atoms with Crippen LogP contribution in [0.1, 0.15) is 10.4 Å². The van der Waals surface area contributed by atoms with Crippen molar-refractivity contribution in [2.75, 3.05) is 19.0 Å². The predicted molar refractivity (Wildman–Crippen MR) is 71.6 cm³/mol. The molecule has 2 aromatic carbocycles. The minimum atomic E-state index is -0.397. The van der Waals surface area contributed by atoms with Gasteiger partial charge in [-0.25, -0.2) is 4.39 Å². The Morgan fingerprint density at radius 2 is 1.72 bits per heavy atom. The first-order valence-corrected chi connectivity index (χ1v) is 5.64. The Balaban J connectivity index is 2.45. The lowest BCUT2D eigenvalue weighted by Crippen LogP contribution is -2.07. The van der Waals surface area contributed by atoms with Gasteiger partial charge in [0, 0.05) is 25.3 Å². The topological polar surface area (TPSA) is 20.3 Å². The second-order valence-corrected chi connectivity index (χ2v) is 4.29. The zero-order valence-corrected chi connectivity index (χ0v) is 10.4. The highest BCUT2D eigenvalue weighted by atomic mass is 19.1. The van der Waals surface area contributed by atoms with Gasteiger partial charge in [-0.05, 0) is 35.4 Å². The van der Waals surface area contributed by atoms with Crippen molar-refractivity contribution in [3.05, 3.63) is 53.8 Å². The summed E-state index contributed by atoms with van der Waals surface area (Å²) in [6.45, 7) is 0. The predicted octanol–water partition coefficient (Wildman–Crippen LogP) is 3.37. The van der Waals surface area contributed by atoms with Crippen LogP contribution in [0.4, 0.5) is 10.1 Å². The molecule has 0 amide bonds. The Bertz CT molecular complexity index is 561. The van der Waals surface area contributed by atoms with E-state index in [0.29, 0.717) is 11.8 Å². The molecule has 92 valence electrons. The fourth-order valence-electron chi connectivity index (χ4n) is 1.83. The molecule has 0 fully saturated rings. The van der Waals surface area contributed by atoms with Crippen molar-refractivity contribution < 1.29 is 9.18 Å². The van der Waals surface area contributed by atoms with Crippen LogP contribution in [-0.2, 0) is 0 Å². The van der Waals surface area contributed by atoms with Gasteiger partial charge in [0.05, 0.1) is 0 Å². The number of hydrogen-bond donors (Lipinski definition) is 0. The SMILES string of the molecule is CN(C)c1ccc(-c2ccc(F)cc2C=O)cc1. The van der Waals surface area contributed by atoms with Gasteiger partial charge in [-0.15, -0.1) is 0 Å². The van der Waals surface area contributed by atoms with Gasteiger partial charge in [0.25, 0.3) is 0 Å². The quantitative estimate of drug-likeness (QED) is 0.770. The highest BCUT2D eigenvalue weighted by molar-refractivity contribution is 5.87. The molecule has 0 aliphatic carbocycles. The van der Waals surface area contributed by atoms with Gasteiger partial charge in [0.2, 0.25) is 0 Å². The van der Waals surface area contributed by atoms with Crippen LogP contribution in [-0.4, -0.2) is 20.4 Å². The van der Waals surface area contributed by atoms with Crippen LogP contribution >= 0.6 is 0 Å². The Hall–Kier alpha value is -2.16. The number of benzene rings is 2. The van der Waals surface area contributed by atoms with Gasteiger partial charge >= 0.3 is 0 Å². The van der Waals surface area contributed by atoms with E-state index in [4.69, 9.17) is 0 Å². The minimum Gasteiger partial charge on any atom is -0.378 e. The van der Waals surface area contributed by atoms with Crippen LogP contribution in [0.3, 0.4) is 0 Å². The number of carbonyl (C=O) groups excluding carboxylic acids is 1. The van der Waals surface area contributed by atoms with Crippen molar-refractivity contribution in [1.82, 2.24) is 0 Å². The van der Waals surface area contributed by atoms with E-state index in [2.05, 4.69) is 0 Å². The van der Waals surface area contributed by atoms with Gasteiger partial charge < -0.3 is 4.90 Å². The fraction of sp³-hybridized carbons (Fsp3) is 0.133. The summed E-state index contributed by atoms with van der Waals surface area (Å²) in [5.74, 6) is -0.397. The molecular formula is C15H14FNO. The maximum atomic E-state index is 13.1. The number of carbonyl (C=O) groups is 1. The third-order valence-corrected chi connectivity index (χ3v) is 2.84. The molecule has 0 heterocycles. The number of hydrogen-bond acceptors (Lipinski definition) is 2. The summed E-state index contributed by atoms with van der Waals surface area (Å²) < 4.78 is 13.1. The number of nitrogens with zero attached hydrogens (tertiary/aromatic N) is 1. The summed E-state index contributed by atoms with van der Waals surface area (Å²) in [7, 11) is 3.92. The second-order valence-electron chi connectivity index (χ2n) is 4.29. The largest absolute Gasteiger partial charge is 0.378 e. The van der Waals surface area contributed by atoms with Gasteiger partial charge in [0.1, 0.15) is 5.82 Å². The molecule has 2 rings (SSSR count). The van der Waals surface area contributed by atoms with Crippen molar-refractivity contribution in [1.29, 1.82) is 0 Å². The molecule has 0 bridgehead atoms. The summed E-state index contributed by atoms with van der Waals surface area (Å²) in [4.78, 5) is 12.9. The lowest BCUT2D eigenvalue weighted by Gasteiger charge is -2.13. The monoisotopic (exact) mass is 243 g/mol. The summed E-state index contributed by atoms with van der Waals surface area (Å²) in [6.07, 6.45) is 0.679. The molecule has 0 aromatic heterocycles. The molecule has 0 aliphatic heterocycles. The van der Waals surface area contributed by atoms with Crippen LogP contribution in [0.25, 0.3) is 11.1 Å². The number of aldehydes is 1. The molecule has 0 saturated carbocycles. The average molecular weight is 243 g/mol. The van der Waals surface area contributed by atoms with Crippen LogP contribution in [0.5, 0.6) is 0 Å². The number of halogens is 1. The van der Waals surface area contributed by atoms with Gasteiger partial charge in [0.15, 0.2) is 6.29 Å². The smallest absolute Gasteiger partial charge is 0.150 e. The maximum absolute atomic E-state index is 13.1. The first-order chi connectivity index (χ1) is 8.61. The van der Waals surface area contributed by atoms with Crippen molar-refractivity contribution in [3.63, 3.8) is 0 Å². The van der Waals surface area contributed by atoms with Crippen LogP contribution < -0.4 is 4.90 Å². The Kier molecular flexibility index (Phi) is 3.42. The molecule has 0 unspecified atom stereocenters. The highest BCUT2D eigenvalue weighted by Crippen LogP contribution is 2.25. The van der Waals surface area contributed by atoms with E-state index in [1.54, 1.807) is 6.07 Å². The van der Waals surface area contributed by atoms with Crippen LogP contribution in [0.15, 0.2) is 42.5 Å². The fourth-order valence-corrected chi connectivity index (χ4v) is 1.83. The first-order valence-electron chi connectivity index (χ1n) is 5.64. The van der Waals surface area contributed by atoms with Crippen molar-refractivity contribution in [2.24, 2.45) is 0 Å². The standard InChI is InChI=1S/C15H14FNO/c1-17(2)14-6-3-11(4-7-14)15-8-5-13(16)9-12(15)10-18/h3-10H,1-2H3. The van der Waals surface area contributed by atoms with E-state index >= 15 is 0 Å². The van der Waals surface area contributed by atoms with Crippen molar-refractivity contribution in [3.8, 4) is 11.1 Å². The van der Waals surface area contributed by atoms with E-state index in [1.165, 1.54) is 12.1 Å². The average Bonchev–Trinajstić information content (AvgIpc) is 2.38. The normalized spacial score (nSPS) is 10.2. The van der Waals surface area contributed by atoms with Crippen LogP contribution in [0, 0.1) is 5.82 Å². The lowest BCUT2D eigenvalue weighted by molar-refractivity contribution is 0.112. The van der Waals surface area contributed by atoms with Gasteiger partial charge in [-0.1, -0.05) is 18.2 Å². The zero-order chi connectivity index (χ0) is 13.1. The molecule has 0 saturated heterocycles. The number of anilines is 1. The Morgan fingerprint density at radius 1 is 1.06 bits per heavy atom. The molecule has 2 nitrogen and oxygen atoms in total. The Labute approximate surface area is 106 Å². The summed E-state index contributed by atoms with van der Waals surface area (Å²) >= 11 is 0. The third-order valence-electron chi connectivity index (χ3n) is 2.84. The molecule has 0 N–H and O–H groups in total. The third kappa shape index (κ3) is 2.40. The summed E-state index contributed by atoms with van der Waals surface area (Å²) in [5, 5.41) is 0. The van der Waals surface area contributed by atoms with Crippen LogP contribution in [0.2, 0.25) is 0 Å². The molecule has 0 spiro atoms. The molecular weight excluding hydrogens is 229 g/mol. The molecule has 0 aliphatic rings. The zero-order valence-electron chi connectivity index (χ0n) is 10.4. The summed E-state index contributed by atoms with van der Waals surface area (Å²) in [6, 6.07) is 12.0. The van der Waals surface area contributed by atoms with E-state index in [0.717, 1.165) is 16.8 Å². The van der Waals surface area contributed by atoms with E-state index < -0.39 is 5.82 Å². The molecule has 0 radical (unpaired) electrons. The molecule has 3 heteroatoms. The molecule has 18 heavy (non-hydrogen) atoms. The Morgan fingerprint density at radius 3 is 2.28 bits per heavy atom. The van der Waals surface area contributed by atoms with E-state index in [1.807, 2.05) is 43.3 Å². The second kappa shape index (κ2) is 5.00. The van der Waals surface area contributed by atoms with Crippen molar-refractivity contribution in [2.45, 2.75) is 0 Å². The molecule has 0 atom stereocenters. The minimum absolute atomic E-state index is 0.368. The van der Waals surface area contributed by atoms with E-state index in [-0.39, 0.29) is 0 Å². The summed E-state index contributed by atoms with van der Waals surface area (Å²) in [5.41, 5.74) is 3.10. The lowest BCUT2D eigenvalue weighted by atomic mass is 10.00. The maximum Gasteiger partial charge on any atom is 0.150 e. The van der Waals surface area contributed by atoms with Gasteiger partial charge in [-0.2, -0.15) is 0 Å². The van der Waals surface area contributed by atoms with Gasteiger partial charge in [-0.3, -0.25) is 4.79 Å². The first kappa shape index (κ1) is 12.3.